The summed E-state index contributed by atoms with van der Waals surface area (Å²) in [6, 6.07) is 1.81. The Hall–Kier alpha value is -1.25. The van der Waals surface area contributed by atoms with Gasteiger partial charge in [-0.1, -0.05) is 13.8 Å². The molecule has 3 nitrogen and oxygen atoms in total. The lowest BCUT2D eigenvalue weighted by Crippen LogP contribution is -1.98. The zero-order valence-electron chi connectivity index (χ0n) is 7.91. The summed E-state index contributed by atoms with van der Waals surface area (Å²) in [5.41, 5.74) is 0.739. The Morgan fingerprint density at radius 2 is 2.31 bits per heavy atom. The molecule has 0 bridgehead atoms. The molecule has 3 heteroatoms. The van der Waals surface area contributed by atoms with Gasteiger partial charge in [-0.3, -0.25) is 4.79 Å². The Morgan fingerprint density at radius 1 is 1.62 bits per heavy atom. The first-order valence-electron chi connectivity index (χ1n) is 4.36. The SMILES string of the molecule is CC(C)Cc1cc(CC(=O)O)co1. The molecule has 72 valence electrons. The van der Waals surface area contributed by atoms with Gasteiger partial charge in [0, 0.05) is 12.0 Å². The van der Waals surface area contributed by atoms with Crippen molar-refractivity contribution in [3.8, 4) is 0 Å². The Morgan fingerprint density at radius 3 is 2.85 bits per heavy atom. The van der Waals surface area contributed by atoms with Gasteiger partial charge in [0.1, 0.15) is 5.76 Å². The lowest BCUT2D eigenvalue weighted by atomic mass is 10.1. The van der Waals surface area contributed by atoms with Gasteiger partial charge in [0.2, 0.25) is 0 Å². The van der Waals surface area contributed by atoms with E-state index in [1.807, 2.05) is 6.07 Å². The summed E-state index contributed by atoms with van der Waals surface area (Å²) in [6.45, 7) is 4.19. The van der Waals surface area contributed by atoms with Crippen LogP contribution in [-0.2, 0) is 17.6 Å². The van der Waals surface area contributed by atoms with Gasteiger partial charge in [-0.05, 0) is 12.0 Å². The second kappa shape index (κ2) is 4.12. The van der Waals surface area contributed by atoms with Crippen LogP contribution in [0.15, 0.2) is 16.7 Å². The number of carboxylic acid groups (broad SMARTS) is 1. The number of rotatable bonds is 4. The molecule has 0 radical (unpaired) electrons. The van der Waals surface area contributed by atoms with Crippen LogP contribution in [0.3, 0.4) is 0 Å². The Kier molecular flexibility index (Phi) is 3.12. The van der Waals surface area contributed by atoms with Crippen LogP contribution in [-0.4, -0.2) is 11.1 Å². The average molecular weight is 182 g/mol. The smallest absolute Gasteiger partial charge is 0.307 e. The zero-order valence-corrected chi connectivity index (χ0v) is 7.91. The number of hydrogen-bond donors (Lipinski definition) is 1. The van der Waals surface area contributed by atoms with Crippen molar-refractivity contribution in [2.24, 2.45) is 5.92 Å². The van der Waals surface area contributed by atoms with E-state index in [-0.39, 0.29) is 6.42 Å². The van der Waals surface area contributed by atoms with E-state index in [0.717, 1.165) is 17.7 Å². The van der Waals surface area contributed by atoms with Crippen LogP contribution in [0, 0.1) is 5.92 Å². The van der Waals surface area contributed by atoms with Crippen molar-refractivity contribution in [2.75, 3.05) is 0 Å². The van der Waals surface area contributed by atoms with Gasteiger partial charge in [0.05, 0.1) is 12.7 Å². The molecule has 1 heterocycles. The Balaban J connectivity index is 2.58. The van der Waals surface area contributed by atoms with Crippen LogP contribution in [0.2, 0.25) is 0 Å². The maximum atomic E-state index is 10.4. The molecule has 0 saturated heterocycles. The summed E-state index contributed by atoms with van der Waals surface area (Å²) in [4.78, 5) is 10.4. The lowest BCUT2D eigenvalue weighted by molar-refractivity contribution is -0.136. The van der Waals surface area contributed by atoms with Crippen molar-refractivity contribution in [1.82, 2.24) is 0 Å². The van der Waals surface area contributed by atoms with Crippen LogP contribution >= 0.6 is 0 Å². The number of aliphatic carboxylic acids is 1. The standard InChI is InChI=1S/C10H14O3/c1-7(2)3-9-4-8(6-13-9)5-10(11)12/h4,6-7H,3,5H2,1-2H3,(H,11,12). The minimum Gasteiger partial charge on any atom is -0.481 e. The molecular formula is C10H14O3. The molecule has 1 rings (SSSR count). The van der Waals surface area contributed by atoms with Gasteiger partial charge >= 0.3 is 5.97 Å². The number of carbonyl (C=O) groups is 1. The molecule has 1 aromatic heterocycles. The lowest BCUT2D eigenvalue weighted by Gasteiger charge is -1.98. The first-order valence-corrected chi connectivity index (χ1v) is 4.36. The largest absolute Gasteiger partial charge is 0.481 e. The van der Waals surface area contributed by atoms with Crippen LogP contribution in [0.25, 0.3) is 0 Å². The van der Waals surface area contributed by atoms with Gasteiger partial charge in [-0.25, -0.2) is 0 Å². The fourth-order valence-electron chi connectivity index (χ4n) is 1.20. The molecule has 0 atom stereocenters. The molecule has 0 unspecified atom stereocenters. The summed E-state index contributed by atoms with van der Waals surface area (Å²) in [6.07, 6.45) is 2.42. The molecule has 1 N–H and O–H groups in total. The highest BCUT2D eigenvalue weighted by molar-refractivity contribution is 5.69. The number of hydrogen-bond acceptors (Lipinski definition) is 2. The topological polar surface area (TPSA) is 50.4 Å². The maximum absolute atomic E-state index is 10.4. The summed E-state index contributed by atoms with van der Waals surface area (Å²) >= 11 is 0. The summed E-state index contributed by atoms with van der Waals surface area (Å²) in [5, 5.41) is 8.52. The molecule has 0 aliphatic heterocycles. The molecule has 0 amide bonds. The van der Waals surface area contributed by atoms with E-state index in [1.54, 1.807) is 0 Å². The quantitative estimate of drug-likeness (QED) is 0.775. The van der Waals surface area contributed by atoms with E-state index >= 15 is 0 Å². The molecule has 0 aromatic carbocycles. The first kappa shape index (κ1) is 9.84. The maximum Gasteiger partial charge on any atom is 0.307 e. The second-order valence-corrected chi connectivity index (χ2v) is 3.59. The minimum atomic E-state index is -0.822. The van der Waals surface area contributed by atoms with Gasteiger partial charge in [-0.15, -0.1) is 0 Å². The summed E-state index contributed by atoms with van der Waals surface area (Å²) in [5.74, 6) is 0.576. The van der Waals surface area contributed by atoms with E-state index in [9.17, 15) is 4.79 Å². The minimum absolute atomic E-state index is 0.0432. The average Bonchev–Trinajstić information content (AvgIpc) is 2.33. The fraction of sp³-hybridized carbons (Fsp3) is 0.500. The third kappa shape index (κ3) is 3.32. The first-order chi connectivity index (χ1) is 6.08. The Labute approximate surface area is 77.4 Å². The number of furan rings is 1. The van der Waals surface area contributed by atoms with Crippen molar-refractivity contribution < 1.29 is 14.3 Å². The van der Waals surface area contributed by atoms with Crippen molar-refractivity contribution >= 4 is 5.97 Å². The monoisotopic (exact) mass is 182 g/mol. The summed E-state index contributed by atoms with van der Waals surface area (Å²) < 4.78 is 5.21. The van der Waals surface area contributed by atoms with E-state index in [2.05, 4.69) is 13.8 Å². The van der Waals surface area contributed by atoms with Crippen molar-refractivity contribution in [1.29, 1.82) is 0 Å². The molecule has 1 aromatic rings. The second-order valence-electron chi connectivity index (χ2n) is 3.59. The van der Waals surface area contributed by atoms with Crippen LogP contribution in [0.1, 0.15) is 25.2 Å². The van der Waals surface area contributed by atoms with E-state index in [1.165, 1.54) is 6.26 Å². The molecule has 0 saturated carbocycles. The van der Waals surface area contributed by atoms with E-state index in [4.69, 9.17) is 9.52 Å². The van der Waals surface area contributed by atoms with Crippen LogP contribution in [0.5, 0.6) is 0 Å². The van der Waals surface area contributed by atoms with Gasteiger partial charge in [0.15, 0.2) is 0 Å². The molecule has 13 heavy (non-hydrogen) atoms. The highest BCUT2D eigenvalue weighted by Crippen LogP contribution is 2.12. The highest BCUT2D eigenvalue weighted by atomic mass is 16.4. The van der Waals surface area contributed by atoms with Crippen molar-refractivity contribution in [2.45, 2.75) is 26.7 Å². The summed E-state index contributed by atoms with van der Waals surface area (Å²) in [7, 11) is 0. The predicted octanol–water partition coefficient (Wildman–Crippen LogP) is 2.11. The molecular weight excluding hydrogens is 168 g/mol. The highest BCUT2D eigenvalue weighted by Gasteiger charge is 2.06. The predicted molar refractivity (Wildman–Crippen MR) is 48.6 cm³/mol. The van der Waals surface area contributed by atoms with Gasteiger partial charge in [0.25, 0.3) is 0 Å². The fourth-order valence-corrected chi connectivity index (χ4v) is 1.20. The molecule has 0 spiro atoms. The number of carboxylic acids is 1. The molecule has 0 fully saturated rings. The molecule has 0 aliphatic carbocycles. The third-order valence-electron chi connectivity index (χ3n) is 1.67. The van der Waals surface area contributed by atoms with Gasteiger partial charge in [-0.2, -0.15) is 0 Å². The molecule has 0 aliphatic rings. The van der Waals surface area contributed by atoms with Gasteiger partial charge < -0.3 is 9.52 Å². The van der Waals surface area contributed by atoms with Crippen LogP contribution < -0.4 is 0 Å². The van der Waals surface area contributed by atoms with Crippen molar-refractivity contribution in [3.05, 3.63) is 23.7 Å². The van der Waals surface area contributed by atoms with Crippen LogP contribution in [0.4, 0.5) is 0 Å². The normalized spacial score (nSPS) is 10.7. The Bertz CT molecular complexity index is 286. The zero-order chi connectivity index (χ0) is 9.84. The van der Waals surface area contributed by atoms with E-state index in [0.29, 0.717) is 5.92 Å². The van der Waals surface area contributed by atoms with E-state index < -0.39 is 5.97 Å². The third-order valence-corrected chi connectivity index (χ3v) is 1.67. The van der Waals surface area contributed by atoms with Crippen molar-refractivity contribution in [3.63, 3.8) is 0 Å².